The number of rotatable bonds is 1. The van der Waals surface area contributed by atoms with Crippen molar-refractivity contribution < 1.29 is 0 Å². The highest BCUT2D eigenvalue weighted by Gasteiger charge is 2.34. The van der Waals surface area contributed by atoms with Crippen LogP contribution in [0.4, 0.5) is 0 Å². The van der Waals surface area contributed by atoms with E-state index < -0.39 is 5.92 Å². The Balaban J connectivity index is 1.75. The summed E-state index contributed by atoms with van der Waals surface area (Å²) in [5.41, 5.74) is 2.30. The van der Waals surface area contributed by atoms with Crippen molar-refractivity contribution in [2.75, 3.05) is 0 Å². The molecule has 0 fully saturated rings. The van der Waals surface area contributed by atoms with Gasteiger partial charge in [0.15, 0.2) is 10.9 Å². The molecule has 0 bridgehead atoms. The normalized spacial score (nSPS) is 13.3. The van der Waals surface area contributed by atoms with Gasteiger partial charge in [0, 0.05) is 42.2 Å². The van der Waals surface area contributed by atoms with Crippen molar-refractivity contribution in [1.82, 2.24) is 0 Å². The topological polar surface area (TPSA) is 34.1 Å². The van der Waals surface area contributed by atoms with Gasteiger partial charge >= 0.3 is 0 Å². The van der Waals surface area contributed by atoms with Crippen LogP contribution in [0.15, 0.2) is 90.8 Å². The van der Waals surface area contributed by atoms with E-state index >= 15 is 0 Å². The molecule has 3 heterocycles. The van der Waals surface area contributed by atoms with Crippen LogP contribution in [0.5, 0.6) is 0 Å². The minimum Gasteiger partial charge on any atom is -0.289 e. The fourth-order valence-corrected chi connectivity index (χ4v) is 8.48. The summed E-state index contributed by atoms with van der Waals surface area (Å²) in [4.78, 5) is 27.4. The molecule has 0 radical (unpaired) electrons. The van der Waals surface area contributed by atoms with Gasteiger partial charge < -0.3 is 0 Å². The molecule has 6 rings (SSSR count). The molecule has 150 valence electrons. The van der Waals surface area contributed by atoms with Gasteiger partial charge in [0.1, 0.15) is 0 Å². The maximum Gasteiger partial charge on any atom is 0.193 e. The Morgan fingerprint density at radius 1 is 0.645 bits per heavy atom. The van der Waals surface area contributed by atoms with Crippen molar-refractivity contribution in [3.63, 3.8) is 0 Å². The molecule has 6 heteroatoms. The molecule has 1 aliphatic heterocycles. The molecule has 5 aromatic rings. The third kappa shape index (κ3) is 2.99. The second kappa shape index (κ2) is 7.31. The highest BCUT2D eigenvalue weighted by molar-refractivity contribution is 8.03. The summed E-state index contributed by atoms with van der Waals surface area (Å²) in [7, 11) is 0. The summed E-state index contributed by atoms with van der Waals surface area (Å²) < 4.78 is 3.85. The van der Waals surface area contributed by atoms with Gasteiger partial charge in [0.05, 0.1) is 8.42 Å². The van der Waals surface area contributed by atoms with Gasteiger partial charge in [-0.25, -0.2) is 0 Å². The minimum absolute atomic E-state index is 0.00000798. The van der Waals surface area contributed by atoms with Crippen LogP contribution in [0, 0.1) is 0 Å². The lowest BCUT2D eigenvalue weighted by Crippen LogP contribution is -2.25. The summed E-state index contributed by atoms with van der Waals surface area (Å²) in [5.74, 6) is -0.412. The Hall–Kier alpha value is -2.44. The average molecular weight is 477 g/mol. The van der Waals surface area contributed by atoms with Crippen molar-refractivity contribution in [3.05, 3.63) is 115 Å². The van der Waals surface area contributed by atoms with Crippen LogP contribution in [0.25, 0.3) is 20.2 Å². The quantitative estimate of drug-likeness (QED) is 0.253. The van der Waals surface area contributed by atoms with E-state index in [1.54, 1.807) is 34.4 Å². The summed E-state index contributed by atoms with van der Waals surface area (Å²) in [6, 6.07) is 22.9. The zero-order valence-electron chi connectivity index (χ0n) is 15.9. The highest BCUT2D eigenvalue weighted by atomic mass is 35.5. The van der Waals surface area contributed by atoms with Crippen LogP contribution in [0.3, 0.4) is 0 Å². The number of hydrogen-bond acceptors (Lipinski definition) is 5. The molecule has 0 saturated carbocycles. The molecule has 0 N–H and O–H groups in total. The van der Waals surface area contributed by atoms with E-state index in [2.05, 4.69) is 0 Å². The van der Waals surface area contributed by atoms with Crippen LogP contribution in [0.2, 0.25) is 5.02 Å². The summed E-state index contributed by atoms with van der Waals surface area (Å²) >= 11 is 10.9. The maximum absolute atomic E-state index is 13.7. The Morgan fingerprint density at radius 2 is 1.13 bits per heavy atom. The Morgan fingerprint density at radius 3 is 1.65 bits per heavy atom. The van der Waals surface area contributed by atoms with E-state index in [-0.39, 0.29) is 10.9 Å². The van der Waals surface area contributed by atoms with E-state index in [4.69, 9.17) is 11.6 Å². The Labute approximate surface area is 194 Å². The fourth-order valence-electron chi connectivity index (χ4n) is 4.14. The highest BCUT2D eigenvalue weighted by Crippen LogP contribution is 2.51. The van der Waals surface area contributed by atoms with Crippen molar-refractivity contribution in [2.24, 2.45) is 0 Å². The third-order valence-corrected chi connectivity index (χ3v) is 9.59. The van der Waals surface area contributed by atoms with Gasteiger partial charge in [-0.1, -0.05) is 59.8 Å². The molecular weight excluding hydrogens is 464 g/mol. The van der Waals surface area contributed by atoms with Crippen LogP contribution in [-0.2, 0) is 0 Å². The predicted molar refractivity (Wildman–Crippen MR) is 133 cm³/mol. The molecule has 0 spiro atoms. The first-order chi connectivity index (χ1) is 15.1. The van der Waals surface area contributed by atoms with Crippen LogP contribution in [-0.4, -0.2) is 0 Å². The Bertz CT molecular complexity index is 1520. The molecule has 31 heavy (non-hydrogen) atoms. The van der Waals surface area contributed by atoms with E-state index in [0.29, 0.717) is 26.9 Å². The second-order valence-corrected chi connectivity index (χ2v) is 11.4. The number of fused-ring (bicyclic) bond motifs is 4. The third-order valence-electron chi connectivity index (χ3n) is 5.56. The maximum atomic E-state index is 13.7. The molecule has 2 nitrogen and oxygen atoms in total. The van der Waals surface area contributed by atoms with Gasteiger partial charge in [-0.05, 0) is 42.0 Å². The van der Waals surface area contributed by atoms with Gasteiger partial charge in [-0.15, -0.1) is 22.7 Å². The number of halogens is 1. The smallest absolute Gasteiger partial charge is 0.193 e. The summed E-state index contributed by atoms with van der Waals surface area (Å²) in [5, 5.41) is 2.03. The molecule has 2 aromatic heterocycles. The first-order valence-corrected chi connectivity index (χ1v) is 12.5. The van der Waals surface area contributed by atoms with Gasteiger partial charge in [0.2, 0.25) is 0 Å². The van der Waals surface area contributed by atoms with Gasteiger partial charge in [-0.2, -0.15) is 0 Å². The number of benzene rings is 3. The van der Waals surface area contributed by atoms with E-state index in [1.807, 2.05) is 72.8 Å². The largest absolute Gasteiger partial charge is 0.289 e. The van der Waals surface area contributed by atoms with Crippen molar-refractivity contribution in [1.29, 1.82) is 0 Å². The second-order valence-electron chi connectivity index (χ2n) is 7.34. The fraction of sp³-hybridized carbons (Fsp3) is 0.0400. The summed E-state index contributed by atoms with van der Waals surface area (Å²) in [6.07, 6.45) is 0. The molecule has 0 aliphatic carbocycles. The van der Waals surface area contributed by atoms with Gasteiger partial charge in [-0.3, -0.25) is 9.59 Å². The van der Waals surface area contributed by atoms with E-state index in [0.717, 1.165) is 23.4 Å². The zero-order chi connectivity index (χ0) is 21.1. The van der Waals surface area contributed by atoms with Crippen molar-refractivity contribution >= 4 is 66.2 Å². The Kier molecular flexibility index (Phi) is 4.54. The first kappa shape index (κ1) is 19.3. The lowest BCUT2D eigenvalue weighted by atomic mass is 9.86. The average Bonchev–Trinajstić information content (AvgIpc) is 2.79. The first-order valence-electron chi connectivity index (χ1n) is 9.66. The molecule has 1 aliphatic rings. The molecule has 3 aromatic carbocycles. The lowest BCUT2D eigenvalue weighted by Gasteiger charge is -2.27. The minimum atomic E-state index is -0.412. The van der Waals surface area contributed by atoms with Crippen molar-refractivity contribution in [3.8, 4) is 0 Å². The molecule has 0 saturated heterocycles. The SMILES string of the molecule is O=c1c2c(sc3ccccc13)Sc1sc3ccccc3c(=O)c1C2c1ccc(Cl)cc1. The zero-order valence-corrected chi connectivity index (χ0v) is 19.1. The van der Waals surface area contributed by atoms with Gasteiger partial charge in [0.25, 0.3) is 0 Å². The van der Waals surface area contributed by atoms with Crippen LogP contribution < -0.4 is 10.9 Å². The van der Waals surface area contributed by atoms with E-state index in [1.165, 1.54) is 0 Å². The van der Waals surface area contributed by atoms with Crippen LogP contribution >= 0.6 is 46.0 Å². The number of hydrogen-bond donors (Lipinski definition) is 0. The monoisotopic (exact) mass is 476 g/mol. The predicted octanol–water partition coefficient (Wildman–Crippen LogP) is 7.13. The van der Waals surface area contributed by atoms with Crippen LogP contribution in [0.1, 0.15) is 22.6 Å². The molecular formula is C25H13ClO2S3. The molecule has 0 amide bonds. The van der Waals surface area contributed by atoms with E-state index in [9.17, 15) is 9.59 Å². The molecule has 0 atom stereocenters. The summed E-state index contributed by atoms with van der Waals surface area (Å²) in [6.45, 7) is 0. The standard InChI is InChI=1S/C25H13ClO2S3/c26-14-11-9-13(10-12-14)19-20-22(27)15-5-1-3-7-17(15)29-24(20)31-25-21(19)23(28)16-6-2-4-8-18(16)30-25/h1-12,19H. The lowest BCUT2D eigenvalue weighted by molar-refractivity contribution is 0.911. The van der Waals surface area contributed by atoms with Crippen molar-refractivity contribution in [2.45, 2.75) is 14.3 Å². The molecule has 0 unspecified atom stereocenters.